The lowest BCUT2D eigenvalue weighted by Crippen LogP contribution is -2.44. The molecule has 2 rings (SSSR count). The zero-order chi connectivity index (χ0) is 11.5. The van der Waals surface area contributed by atoms with Gasteiger partial charge in [-0.15, -0.1) is 0 Å². The van der Waals surface area contributed by atoms with Gasteiger partial charge in [0.1, 0.15) is 0 Å². The van der Waals surface area contributed by atoms with Crippen LogP contribution >= 0.6 is 0 Å². The van der Waals surface area contributed by atoms with E-state index in [1.54, 1.807) is 0 Å². The van der Waals surface area contributed by atoms with Gasteiger partial charge in [-0.2, -0.15) is 0 Å². The van der Waals surface area contributed by atoms with E-state index in [1.807, 2.05) is 0 Å². The second-order valence-corrected chi connectivity index (χ2v) is 6.70. The Labute approximate surface area is 131 Å². The molecular formula is C18H46N2+2. The number of hydrogen-bond donors (Lipinski definition) is 0. The minimum absolute atomic E-state index is 0. The Morgan fingerprint density at radius 1 is 0.550 bits per heavy atom. The fraction of sp³-hybridized carbons (Fsp3) is 1.00. The summed E-state index contributed by atoms with van der Waals surface area (Å²) in [5.74, 6) is 0. The maximum absolute atomic E-state index is 2.46. The molecule has 0 saturated carbocycles. The largest absolute Gasteiger partial charge is 0.326 e. The van der Waals surface area contributed by atoms with Crippen LogP contribution in [0.3, 0.4) is 0 Å². The lowest BCUT2D eigenvalue weighted by molar-refractivity contribution is -0.904. The van der Waals surface area contributed by atoms with Gasteiger partial charge >= 0.3 is 0 Å². The van der Waals surface area contributed by atoms with Crippen LogP contribution < -0.4 is 0 Å². The summed E-state index contributed by atoms with van der Waals surface area (Å²) in [5.41, 5.74) is 0. The van der Waals surface area contributed by atoms with E-state index in [0.717, 1.165) is 0 Å². The molecule has 20 heavy (non-hydrogen) atoms. The van der Waals surface area contributed by atoms with Crippen molar-refractivity contribution in [3.05, 3.63) is 0 Å². The average Bonchev–Trinajstić information content (AvgIpc) is 2.84. The number of hydrogen-bond acceptors (Lipinski definition) is 0. The van der Waals surface area contributed by atoms with Crippen LogP contribution in [0.25, 0.3) is 0 Å². The Hall–Kier alpha value is -0.0800. The van der Waals surface area contributed by atoms with Crippen LogP contribution in [0.4, 0.5) is 0 Å². The first-order valence-corrected chi connectivity index (χ1v) is 7.29. The van der Waals surface area contributed by atoms with E-state index in [2.05, 4.69) is 14.1 Å². The summed E-state index contributed by atoms with van der Waals surface area (Å²) in [4.78, 5) is 0. The Morgan fingerprint density at radius 3 is 1.05 bits per heavy atom. The minimum Gasteiger partial charge on any atom is -0.326 e. The molecule has 0 N–H and O–H groups in total. The van der Waals surface area contributed by atoms with Crippen LogP contribution in [-0.4, -0.2) is 62.3 Å². The van der Waals surface area contributed by atoms with Crippen molar-refractivity contribution in [3.8, 4) is 0 Å². The van der Waals surface area contributed by atoms with Crippen LogP contribution in [0.1, 0.15) is 68.2 Å². The Kier molecular flexibility index (Phi) is 13.2. The van der Waals surface area contributed by atoms with Crippen molar-refractivity contribution in [2.75, 3.05) is 53.4 Å². The van der Waals surface area contributed by atoms with Crippen LogP contribution in [0, 0.1) is 0 Å². The van der Waals surface area contributed by atoms with Gasteiger partial charge < -0.3 is 8.97 Å². The van der Waals surface area contributed by atoms with E-state index in [4.69, 9.17) is 0 Å². The van der Waals surface area contributed by atoms with Gasteiger partial charge in [-0.25, -0.2) is 0 Å². The highest BCUT2D eigenvalue weighted by Crippen LogP contribution is 2.20. The van der Waals surface area contributed by atoms with Crippen molar-refractivity contribution in [3.63, 3.8) is 0 Å². The highest BCUT2D eigenvalue weighted by Gasteiger charge is 2.28. The molecule has 0 bridgehead atoms. The monoisotopic (exact) mass is 290 g/mol. The summed E-state index contributed by atoms with van der Waals surface area (Å²) < 4.78 is 2.73. The van der Waals surface area contributed by atoms with Gasteiger partial charge in [0, 0.05) is 38.5 Å². The topological polar surface area (TPSA) is 0 Å². The van der Waals surface area contributed by atoms with Crippen LogP contribution in [0.2, 0.25) is 0 Å². The zero-order valence-electron chi connectivity index (χ0n) is 11.4. The second kappa shape index (κ2) is 10.6. The maximum atomic E-state index is 2.46. The van der Waals surface area contributed by atoms with E-state index in [-0.39, 0.29) is 29.7 Å². The SMILES string of the molecule is C.C.C.C.C[N+]1(CCCC[N+]2(C)CCCC2)CCCC1. The summed E-state index contributed by atoms with van der Waals surface area (Å²) in [6.45, 7) is 8.61. The number of rotatable bonds is 5. The molecule has 2 fully saturated rings. The lowest BCUT2D eigenvalue weighted by Gasteiger charge is -2.31. The number of quaternary nitrogens is 2. The molecule has 0 aromatic heterocycles. The van der Waals surface area contributed by atoms with Gasteiger partial charge in [0.2, 0.25) is 0 Å². The first-order chi connectivity index (χ1) is 7.62. The van der Waals surface area contributed by atoms with Gasteiger partial charge in [-0.3, -0.25) is 0 Å². The van der Waals surface area contributed by atoms with Crippen molar-refractivity contribution >= 4 is 0 Å². The molecule has 2 heterocycles. The van der Waals surface area contributed by atoms with Gasteiger partial charge in [0.25, 0.3) is 0 Å². The van der Waals surface area contributed by atoms with Crippen molar-refractivity contribution in [1.82, 2.24) is 0 Å². The lowest BCUT2D eigenvalue weighted by atomic mass is 10.2. The Balaban J connectivity index is -0.000000722. The molecule has 0 aromatic rings. The van der Waals surface area contributed by atoms with Crippen molar-refractivity contribution in [1.29, 1.82) is 0 Å². The van der Waals surface area contributed by atoms with Crippen molar-refractivity contribution in [2.45, 2.75) is 68.2 Å². The summed E-state index contributed by atoms with van der Waals surface area (Å²) in [6, 6.07) is 0. The summed E-state index contributed by atoms with van der Waals surface area (Å²) >= 11 is 0. The summed E-state index contributed by atoms with van der Waals surface area (Å²) in [6.07, 6.45) is 8.75. The van der Waals surface area contributed by atoms with Gasteiger partial charge in [0.15, 0.2) is 0 Å². The fourth-order valence-electron chi connectivity index (χ4n) is 3.63. The van der Waals surface area contributed by atoms with Gasteiger partial charge in [-0.1, -0.05) is 29.7 Å². The molecule has 2 aliphatic rings. The fourth-order valence-corrected chi connectivity index (χ4v) is 3.63. The second-order valence-electron chi connectivity index (χ2n) is 6.70. The molecule has 0 aromatic carbocycles. The highest BCUT2D eigenvalue weighted by atomic mass is 15.3. The van der Waals surface area contributed by atoms with Gasteiger partial charge in [0.05, 0.1) is 53.4 Å². The van der Waals surface area contributed by atoms with Crippen LogP contribution in [0.5, 0.6) is 0 Å². The molecular weight excluding hydrogens is 244 g/mol. The molecule has 2 aliphatic heterocycles. The molecule has 2 nitrogen and oxygen atoms in total. The first-order valence-electron chi connectivity index (χ1n) is 7.29. The predicted octanol–water partition coefficient (Wildman–Crippen LogP) is 4.79. The maximum Gasteiger partial charge on any atom is 0.0786 e. The Bertz CT molecular complexity index is 189. The van der Waals surface area contributed by atoms with Crippen LogP contribution in [0.15, 0.2) is 0 Å². The molecule has 2 heteroatoms. The van der Waals surface area contributed by atoms with Gasteiger partial charge in [-0.05, 0) is 0 Å². The van der Waals surface area contributed by atoms with E-state index in [0.29, 0.717) is 0 Å². The molecule has 0 spiro atoms. The molecule has 0 aliphatic carbocycles. The van der Waals surface area contributed by atoms with E-state index in [1.165, 1.54) is 86.8 Å². The smallest absolute Gasteiger partial charge is 0.0786 e. The molecule has 0 unspecified atom stereocenters. The Morgan fingerprint density at radius 2 is 0.800 bits per heavy atom. The standard InChI is InChI=1S/C14H30N2.4CH4/c1-15(9-3-4-10-15)13-7-8-14-16(2)11-5-6-12-16;;;;/h3-14H2,1-2H3;4*1H4/q+2;;;;. The molecule has 0 radical (unpaired) electrons. The number of unbranched alkanes of at least 4 members (excludes halogenated alkanes) is 1. The number of nitrogens with zero attached hydrogens (tertiary/aromatic N) is 2. The zero-order valence-corrected chi connectivity index (χ0v) is 11.4. The van der Waals surface area contributed by atoms with Crippen molar-refractivity contribution in [2.24, 2.45) is 0 Å². The quantitative estimate of drug-likeness (QED) is 0.504. The first kappa shape index (κ1) is 24.9. The summed E-state index contributed by atoms with van der Waals surface area (Å²) in [5, 5.41) is 0. The third kappa shape index (κ3) is 7.08. The highest BCUT2D eigenvalue weighted by molar-refractivity contribution is 4.55. The van der Waals surface area contributed by atoms with E-state index < -0.39 is 0 Å². The molecule has 126 valence electrons. The third-order valence-corrected chi connectivity index (χ3v) is 4.94. The van der Waals surface area contributed by atoms with E-state index in [9.17, 15) is 0 Å². The third-order valence-electron chi connectivity index (χ3n) is 4.94. The molecule has 0 atom stereocenters. The van der Waals surface area contributed by atoms with Crippen LogP contribution in [-0.2, 0) is 0 Å². The molecule has 2 saturated heterocycles. The summed E-state index contributed by atoms with van der Waals surface area (Å²) in [7, 11) is 4.91. The normalized spacial score (nSPS) is 21.9. The van der Waals surface area contributed by atoms with Crippen molar-refractivity contribution < 1.29 is 8.97 Å². The minimum atomic E-state index is 0. The van der Waals surface area contributed by atoms with E-state index >= 15 is 0 Å². The average molecular weight is 291 g/mol. The number of likely N-dealkylation sites (tertiary alicyclic amines) is 2. The molecule has 0 amide bonds. The predicted molar refractivity (Wildman–Crippen MR) is 96.2 cm³/mol.